The summed E-state index contributed by atoms with van der Waals surface area (Å²) in [5.41, 5.74) is 2.85. The van der Waals surface area contributed by atoms with Crippen LogP contribution in [0.4, 0.5) is 0 Å². The van der Waals surface area contributed by atoms with Gasteiger partial charge >= 0.3 is 0 Å². The van der Waals surface area contributed by atoms with Crippen LogP contribution in [-0.2, 0) is 17.8 Å². The Kier molecular flexibility index (Phi) is 4.84. The van der Waals surface area contributed by atoms with Gasteiger partial charge in [-0.1, -0.05) is 12.1 Å². The van der Waals surface area contributed by atoms with Crippen LogP contribution in [0.2, 0.25) is 0 Å². The number of nitrogens with zero attached hydrogens (tertiary/aromatic N) is 3. The number of hydrogen-bond donors (Lipinski definition) is 0. The van der Waals surface area contributed by atoms with Gasteiger partial charge in [-0.05, 0) is 36.4 Å². The molecule has 4 nitrogen and oxygen atoms in total. The fourth-order valence-electron chi connectivity index (χ4n) is 3.55. The Labute approximate surface area is 151 Å². The van der Waals surface area contributed by atoms with Gasteiger partial charge in [-0.2, -0.15) is 5.26 Å². The van der Waals surface area contributed by atoms with Crippen molar-refractivity contribution in [2.45, 2.75) is 32.0 Å². The molecule has 128 valence electrons. The van der Waals surface area contributed by atoms with E-state index in [9.17, 15) is 5.26 Å². The highest BCUT2D eigenvalue weighted by atomic mass is 32.1. The first-order valence-electron chi connectivity index (χ1n) is 8.68. The molecule has 25 heavy (non-hydrogen) atoms. The van der Waals surface area contributed by atoms with Gasteiger partial charge in [0.1, 0.15) is 6.07 Å². The molecule has 0 aromatic carbocycles. The Bertz CT molecular complexity index is 872. The molecule has 1 unspecified atom stereocenters. The van der Waals surface area contributed by atoms with E-state index in [4.69, 9.17) is 4.74 Å². The number of thiophene rings is 1. The zero-order chi connectivity index (χ0) is 17.1. The fourth-order valence-corrected chi connectivity index (χ4v) is 4.30. The summed E-state index contributed by atoms with van der Waals surface area (Å²) >= 11 is 1.78. The zero-order valence-corrected chi connectivity index (χ0v) is 14.9. The van der Waals surface area contributed by atoms with Gasteiger partial charge in [-0.25, -0.2) is 0 Å². The normalized spacial score (nSPS) is 17.4. The molecule has 0 saturated carbocycles. The summed E-state index contributed by atoms with van der Waals surface area (Å²) in [6.45, 7) is 3.45. The first-order chi connectivity index (χ1) is 12.3. The molecule has 0 spiro atoms. The van der Waals surface area contributed by atoms with Gasteiger partial charge in [0.2, 0.25) is 0 Å². The molecule has 4 heterocycles. The van der Waals surface area contributed by atoms with Crippen molar-refractivity contribution in [3.63, 3.8) is 0 Å². The molecular formula is C20H21N3OS. The van der Waals surface area contributed by atoms with Crippen LogP contribution in [0.5, 0.6) is 0 Å². The number of aromatic nitrogens is 1. The third-order valence-corrected chi connectivity index (χ3v) is 5.57. The van der Waals surface area contributed by atoms with Crippen LogP contribution < -0.4 is 0 Å². The Morgan fingerprint density at radius 2 is 2.24 bits per heavy atom. The van der Waals surface area contributed by atoms with Crippen molar-refractivity contribution in [1.29, 1.82) is 5.26 Å². The molecule has 1 saturated heterocycles. The van der Waals surface area contributed by atoms with Gasteiger partial charge in [0.05, 0.1) is 17.2 Å². The van der Waals surface area contributed by atoms with Crippen molar-refractivity contribution in [2.24, 2.45) is 0 Å². The van der Waals surface area contributed by atoms with E-state index in [1.165, 1.54) is 4.88 Å². The maximum atomic E-state index is 9.65. The largest absolute Gasteiger partial charge is 0.377 e. The second-order valence-corrected chi connectivity index (χ2v) is 7.55. The van der Waals surface area contributed by atoms with E-state index < -0.39 is 0 Å². The van der Waals surface area contributed by atoms with Crippen LogP contribution in [0.3, 0.4) is 0 Å². The number of hydrogen-bond acceptors (Lipinski definition) is 4. The monoisotopic (exact) mass is 351 g/mol. The molecule has 0 bridgehead atoms. The van der Waals surface area contributed by atoms with Crippen molar-refractivity contribution >= 4 is 16.9 Å². The molecule has 0 aliphatic carbocycles. The van der Waals surface area contributed by atoms with E-state index in [0.29, 0.717) is 6.10 Å². The number of fused-ring (bicyclic) bond motifs is 1. The van der Waals surface area contributed by atoms with Crippen LogP contribution in [0, 0.1) is 11.3 Å². The smallest absolute Gasteiger partial charge is 0.102 e. The summed E-state index contributed by atoms with van der Waals surface area (Å²) in [7, 11) is 0. The molecule has 5 heteroatoms. The molecule has 1 aliphatic rings. The van der Waals surface area contributed by atoms with Crippen LogP contribution >= 0.6 is 11.3 Å². The minimum atomic E-state index is 0.308. The lowest BCUT2D eigenvalue weighted by atomic mass is 10.1. The second-order valence-electron chi connectivity index (χ2n) is 6.52. The average Bonchev–Trinajstić information content (AvgIpc) is 3.35. The molecule has 0 radical (unpaired) electrons. The Balaban J connectivity index is 1.60. The Morgan fingerprint density at radius 1 is 1.28 bits per heavy atom. The van der Waals surface area contributed by atoms with Crippen LogP contribution in [0.15, 0.2) is 48.1 Å². The predicted octanol–water partition coefficient (Wildman–Crippen LogP) is 4.05. The lowest BCUT2D eigenvalue weighted by molar-refractivity contribution is 0.0682. The molecular weight excluding hydrogens is 330 g/mol. The molecule has 3 aromatic rings. The Morgan fingerprint density at radius 3 is 3.00 bits per heavy atom. The summed E-state index contributed by atoms with van der Waals surface area (Å²) in [4.78, 5) is 3.76. The first kappa shape index (κ1) is 16.3. The van der Waals surface area contributed by atoms with E-state index in [2.05, 4.69) is 34.7 Å². The minimum absolute atomic E-state index is 0.308. The van der Waals surface area contributed by atoms with Crippen molar-refractivity contribution in [3.8, 4) is 6.07 Å². The second kappa shape index (κ2) is 7.40. The quantitative estimate of drug-likeness (QED) is 0.672. The molecule has 1 atom stereocenters. The van der Waals surface area contributed by atoms with Gasteiger partial charge in [0.15, 0.2) is 0 Å². The van der Waals surface area contributed by atoms with E-state index in [1.807, 2.05) is 28.8 Å². The van der Waals surface area contributed by atoms with Crippen LogP contribution in [0.25, 0.3) is 5.52 Å². The number of ether oxygens (including phenoxy) is 1. The highest BCUT2D eigenvalue weighted by molar-refractivity contribution is 7.09. The lowest BCUT2D eigenvalue weighted by Crippen LogP contribution is -2.31. The minimum Gasteiger partial charge on any atom is -0.377 e. The van der Waals surface area contributed by atoms with Crippen molar-refractivity contribution in [3.05, 3.63) is 64.1 Å². The molecule has 1 aliphatic heterocycles. The third-order valence-electron chi connectivity index (χ3n) is 4.71. The van der Waals surface area contributed by atoms with E-state index in [-0.39, 0.29) is 0 Å². The lowest BCUT2D eigenvalue weighted by Gasteiger charge is -2.24. The number of pyridine rings is 1. The molecule has 3 aromatic heterocycles. The van der Waals surface area contributed by atoms with Gasteiger partial charge in [-0.15, -0.1) is 11.3 Å². The van der Waals surface area contributed by atoms with Gasteiger partial charge in [-0.3, -0.25) is 4.90 Å². The molecule has 0 amide bonds. The summed E-state index contributed by atoms with van der Waals surface area (Å²) < 4.78 is 7.89. The summed E-state index contributed by atoms with van der Waals surface area (Å²) in [6, 6.07) is 12.7. The first-order valence-corrected chi connectivity index (χ1v) is 9.56. The highest BCUT2D eigenvalue weighted by Crippen LogP contribution is 2.23. The summed E-state index contributed by atoms with van der Waals surface area (Å²) in [6.07, 6.45) is 6.68. The van der Waals surface area contributed by atoms with Crippen molar-refractivity contribution in [2.75, 3.05) is 13.2 Å². The number of nitriles is 1. The van der Waals surface area contributed by atoms with Crippen LogP contribution in [0.1, 0.15) is 28.8 Å². The predicted molar refractivity (Wildman–Crippen MR) is 99.5 cm³/mol. The molecule has 4 rings (SSSR count). The third kappa shape index (κ3) is 3.62. The summed E-state index contributed by atoms with van der Waals surface area (Å²) in [5, 5.41) is 11.8. The van der Waals surface area contributed by atoms with Gasteiger partial charge in [0, 0.05) is 49.1 Å². The molecule has 1 fully saturated rings. The van der Waals surface area contributed by atoms with Crippen LogP contribution in [-0.4, -0.2) is 28.6 Å². The average molecular weight is 351 g/mol. The highest BCUT2D eigenvalue weighted by Gasteiger charge is 2.21. The topological polar surface area (TPSA) is 40.7 Å². The molecule has 0 N–H and O–H groups in total. The van der Waals surface area contributed by atoms with E-state index >= 15 is 0 Å². The van der Waals surface area contributed by atoms with Crippen molar-refractivity contribution in [1.82, 2.24) is 9.30 Å². The SMILES string of the molecule is N#Cc1c(CN(Cc2cccs2)CC2CCCO2)cn2ccccc12. The van der Waals surface area contributed by atoms with Crippen molar-refractivity contribution < 1.29 is 4.74 Å². The Hall–Kier alpha value is -2.13. The maximum Gasteiger partial charge on any atom is 0.102 e. The maximum absolute atomic E-state index is 9.65. The summed E-state index contributed by atoms with van der Waals surface area (Å²) in [5.74, 6) is 0. The van der Waals surface area contributed by atoms with E-state index in [1.54, 1.807) is 11.3 Å². The fraction of sp³-hybridized carbons (Fsp3) is 0.350. The van der Waals surface area contributed by atoms with Gasteiger partial charge < -0.3 is 9.14 Å². The standard InChI is InChI=1S/C20H21N3OS/c21-11-19-16(13-23-8-2-1-7-20(19)23)12-22(14-17-5-3-9-24-17)15-18-6-4-10-25-18/h1-2,4,6-8,10,13,17H,3,5,9,12,14-15H2. The van der Waals surface area contributed by atoms with Gasteiger partial charge in [0.25, 0.3) is 0 Å². The zero-order valence-electron chi connectivity index (χ0n) is 14.1. The van der Waals surface area contributed by atoms with E-state index in [0.717, 1.165) is 55.7 Å². The number of rotatable bonds is 6.